The fourth-order valence-electron chi connectivity index (χ4n) is 1.33. The summed E-state index contributed by atoms with van der Waals surface area (Å²) in [6.45, 7) is 0. The van der Waals surface area contributed by atoms with Gasteiger partial charge in [0.15, 0.2) is 0 Å². The van der Waals surface area contributed by atoms with E-state index in [1.807, 2.05) is 0 Å². The first-order chi connectivity index (χ1) is 6.75. The molecule has 2 N–H and O–H groups in total. The zero-order chi connectivity index (χ0) is 11.8. The number of hydrogen-bond acceptors (Lipinski definition) is 2. The number of hydrogen-bond donors (Lipinski definition) is 2. The maximum atomic E-state index is 13.5. The Morgan fingerprint density at radius 3 is 2.27 bits per heavy atom. The molecule has 1 aliphatic rings. The summed E-state index contributed by atoms with van der Waals surface area (Å²) in [6, 6.07) is 0. The molecule has 0 aliphatic heterocycles. The molecule has 0 saturated heterocycles. The highest BCUT2D eigenvalue weighted by molar-refractivity contribution is 9.09. The van der Waals surface area contributed by atoms with E-state index in [0.29, 0.717) is 0 Å². The standard InChI is InChI=1S/C8H7BrClFO4/c9-5-1-3(6(12)13)4(7(14)15)2-8(5,10)11/h5H,1-2H2,(H,12,13)(H,14,15). The predicted molar refractivity (Wildman–Crippen MR) is 53.9 cm³/mol. The molecule has 0 aromatic heterocycles. The molecule has 4 nitrogen and oxygen atoms in total. The van der Waals surface area contributed by atoms with Gasteiger partial charge in [0.05, 0.1) is 10.4 Å². The lowest BCUT2D eigenvalue weighted by molar-refractivity contribution is -0.136. The lowest BCUT2D eigenvalue weighted by Gasteiger charge is -2.29. The van der Waals surface area contributed by atoms with Crippen molar-refractivity contribution in [2.45, 2.75) is 22.8 Å². The van der Waals surface area contributed by atoms with Crippen molar-refractivity contribution in [3.05, 3.63) is 11.1 Å². The van der Waals surface area contributed by atoms with Gasteiger partial charge in [0, 0.05) is 12.0 Å². The Labute approximate surface area is 97.8 Å². The van der Waals surface area contributed by atoms with Gasteiger partial charge in [0.2, 0.25) is 5.13 Å². The summed E-state index contributed by atoms with van der Waals surface area (Å²) in [5.41, 5.74) is -0.783. The third-order valence-corrected chi connectivity index (χ3v) is 3.84. The summed E-state index contributed by atoms with van der Waals surface area (Å²) in [6.07, 6.45) is -0.877. The summed E-state index contributed by atoms with van der Waals surface area (Å²) in [4.78, 5) is 20.5. The van der Waals surface area contributed by atoms with Crippen molar-refractivity contribution in [2.75, 3.05) is 0 Å². The number of rotatable bonds is 2. The van der Waals surface area contributed by atoms with E-state index in [2.05, 4.69) is 15.9 Å². The molecule has 7 heteroatoms. The SMILES string of the molecule is O=C(O)C1=C(C(=O)O)CC(F)(Cl)C(Br)C1. The minimum Gasteiger partial charge on any atom is -0.478 e. The topological polar surface area (TPSA) is 74.6 Å². The van der Waals surface area contributed by atoms with Crippen molar-refractivity contribution in [3.63, 3.8) is 0 Å². The summed E-state index contributed by atoms with van der Waals surface area (Å²) < 4.78 is 13.5. The summed E-state index contributed by atoms with van der Waals surface area (Å²) in [5, 5.41) is 15.2. The van der Waals surface area contributed by atoms with Crippen molar-refractivity contribution in [2.24, 2.45) is 0 Å². The minimum atomic E-state index is -2.26. The van der Waals surface area contributed by atoms with Gasteiger partial charge in [-0.3, -0.25) is 0 Å². The lowest BCUT2D eigenvalue weighted by Crippen LogP contribution is -2.36. The van der Waals surface area contributed by atoms with E-state index in [-0.39, 0.29) is 12.0 Å². The first-order valence-corrected chi connectivity index (χ1v) is 5.25. The number of carboxylic acids is 2. The molecular weight excluding hydrogens is 294 g/mol. The zero-order valence-corrected chi connectivity index (χ0v) is 9.68. The lowest BCUT2D eigenvalue weighted by atomic mass is 9.90. The molecule has 0 spiro atoms. The number of alkyl halides is 3. The highest BCUT2D eigenvalue weighted by Crippen LogP contribution is 2.42. The van der Waals surface area contributed by atoms with E-state index < -0.39 is 33.9 Å². The van der Waals surface area contributed by atoms with Gasteiger partial charge in [0.1, 0.15) is 0 Å². The highest BCUT2D eigenvalue weighted by atomic mass is 79.9. The molecule has 2 unspecified atom stereocenters. The number of aliphatic carboxylic acids is 2. The van der Waals surface area contributed by atoms with Crippen LogP contribution in [-0.2, 0) is 9.59 Å². The first-order valence-electron chi connectivity index (χ1n) is 3.96. The number of halogens is 3. The van der Waals surface area contributed by atoms with Crippen LogP contribution in [0.5, 0.6) is 0 Å². The third-order valence-electron chi connectivity index (χ3n) is 2.13. The van der Waals surface area contributed by atoms with Crippen molar-refractivity contribution in [3.8, 4) is 0 Å². The van der Waals surface area contributed by atoms with Crippen LogP contribution in [0, 0.1) is 0 Å². The Balaban J connectivity index is 3.17. The molecule has 1 rings (SSSR count). The molecule has 0 heterocycles. The molecule has 0 amide bonds. The Morgan fingerprint density at radius 1 is 1.40 bits per heavy atom. The average molecular weight is 301 g/mol. The Hall–Kier alpha value is -0.620. The van der Waals surface area contributed by atoms with E-state index >= 15 is 0 Å². The molecular formula is C8H7BrClFO4. The van der Waals surface area contributed by atoms with Gasteiger partial charge in [-0.25, -0.2) is 14.0 Å². The van der Waals surface area contributed by atoms with Crippen molar-refractivity contribution < 1.29 is 24.2 Å². The van der Waals surface area contributed by atoms with Crippen LogP contribution >= 0.6 is 27.5 Å². The van der Waals surface area contributed by atoms with Gasteiger partial charge < -0.3 is 10.2 Å². The summed E-state index contributed by atoms with van der Waals surface area (Å²) >= 11 is 8.33. The van der Waals surface area contributed by atoms with Crippen LogP contribution in [0.25, 0.3) is 0 Å². The van der Waals surface area contributed by atoms with Crippen LogP contribution in [0.4, 0.5) is 4.39 Å². The van der Waals surface area contributed by atoms with Crippen molar-refractivity contribution >= 4 is 39.5 Å². The molecule has 0 aromatic carbocycles. The summed E-state index contributed by atoms with van der Waals surface area (Å²) in [7, 11) is 0. The average Bonchev–Trinajstić information content (AvgIpc) is 2.08. The van der Waals surface area contributed by atoms with Gasteiger partial charge >= 0.3 is 11.9 Å². The number of carbonyl (C=O) groups is 2. The molecule has 1 aliphatic carbocycles. The van der Waals surface area contributed by atoms with Gasteiger partial charge in [-0.15, -0.1) is 0 Å². The predicted octanol–water partition coefficient (Wildman–Crippen LogP) is 1.91. The first kappa shape index (κ1) is 12.4. The van der Waals surface area contributed by atoms with E-state index in [9.17, 15) is 14.0 Å². The molecule has 0 aromatic rings. The Kier molecular flexibility index (Phi) is 3.40. The molecule has 2 atom stereocenters. The van der Waals surface area contributed by atoms with Crippen LogP contribution < -0.4 is 0 Å². The molecule has 0 fully saturated rings. The molecule has 0 saturated carbocycles. The van der Waals surface area contributed by atoms with E-state index in [1.165, 1.54) is 0 Å². The van der Waals surface area contributed by atoms with Crippen LogP contribution in [-0.4, -0.2) is 32.1 Å². The van der Waals surface area contributed by atoms with Crippen LogP contribution in [0.15, 0.2) is 11.1 Å². The van der Waals surface area contributed by atoms with Crippen LogP contribution in [0.2, 0.25) is 0 Å². The third kappa shape index (κ3) is 2.49. The Morgan fingerprint density at radius 2 is 1.87 bits per heavy atom. The van der Waals surface area contributed by atoms with E-state index in [1.54, 1.807) is 0 Å². The number of carboxylic acid groups (broad SMARTS) is 2. The van der Waals surface area contributed by atoms with Gasteiger partial charge in [-0.1, -0.05) is 27.5 Å². The van der Waals surface area contributed by atoms with E-state index in [0.717, 1.165) is 0 Å². The molecule has 0 radical (unpaired) electrons. The monoisotopic (exact) mass is 300 g/mol. The zero-order valence-electron chi connectivity index (χ0n) is 7.34. The van der Waals surface area contributed by atoms with Gasteiger partial charge in [-0.05, 0) is 6.42 Å². The van der Waals surface area contributed by atoms with Gasteiger partial charge in [0.25, 0.3) is 0 Å². The quantitative estimate of drug-likeness (QED) is 0.764. The maximum Gasteiger partial charge on any atom is 0.332 e. The largest absolute Gasteiger partial charge is 0.478 e. The smallest absolute Gasteiger partial charge is 0.332 e. The normalized spacial score (nSPS) is 31.5. The summed E-state index contributed by atoms with van der Waals surface area (Å²) in [5.74, 6) is -2.81. The molecule has 0 bridgehead atoms. The fourth-order valence-corrected chi connectivity index (χ4v) is 2.02. The minimum absolute atomic E-state index is 0.253. The van der Waals surface area contributed by atoms with Gasteiger partial charge in [-0.2, -0.15) is 0 Å². The highest BCUT2D eigenvalue weighted by Gasteiger charge is 2.44. The van der Waals surface area contributed by atoms with Crippen LogP contribution in [0.1, 0.15) is 12.8 Å². The van der Waals surface area contributed by atoms with Crippen molar-refractivity contribution in [1.82, 2.24) is 0 Å². The fraction of sp³-hybridized carbons (Fsp3) is 0.500. The molecule has 84 valence electrons. The Bertz CT molecular complexity index is 353. The second kappa shape index (κ2) is 4.09. The second-order valence-electron chi connectivity index (χ2n) is 3.18. The maximum absolute atomic E-state index is 13.5. The van der Waals surface area contributed by atoms with E-state index in [4.69, 9.17) is 21.8 Å². The van der Waals surface area contributed by atoms with Crippen LogP contribution in [0.3, 0.4) is 0 Å². The molecule has 15 heavy (non-hydrogen) atoms. The second-order valence-corrected chi connectivity index (χ2v) is 4.91. The van der Waals surface area contributed by atoms with Crippen molar-refractivity contribution in [1.29, 1.82) is 0 Å².